The minimum absolute atomic E-state index is 0.618. The van der Waals surface area contributed by atoms with Gasteiger partial charge in [0.25, 0.3) is 0 Å². The lowest BCUT2D eigenvalue weighted by Crippen LogP contribution is -2.07. The number of nitrogens with zero attached hydrogens (tertiary/aromatic N) is 2. The van der Waals surface area contributed by atoms with E-state index in [-0.39, 0.29) is 0 Å². The smallest absolute Gasteiger partial charge is 0.0998 e. The number of hydrogen-bond acceptors (Lipinski definition) is 4. The molecule has 72 valence electrons. The number of aromatic nitrogens is 2. The van der Waals surface area contributed by atoms with Gasteiger partial charge >= 0.3 is 0 Å². The maximum Gasteiger partial charge on any atom is 0.0998 e. The third-order valence-electron chi connectivity index (χ3n) is 2.62. The van der Waals surface area contributed by atoms with E-state index in [2.05, 4.69) is 15.3 Å². The molecule has 0 saturated carbocycles. The molecule has 3 rings (SSSR count). The summed E-state index contributed by atoms with van der Waals surface area (Å²) >= 11 is 1.80. The summed E-state index contributed by atoms with van der Waals surface area (Å²) in [5.41, 5.74) is 1.04. The van der Waals surface area contributed by atoms with Gasteiger partial charge in [-0.1, -0.05) is 0 Å². The number of thiazole rings is 1. The minimum atomic E-state index is 0.618. The maximum atomic E-state index is 4.61. The first-order valence-electron chi connectivity index (χ1n) is 4.84. The fraction of sp³-hybridized carbons (Fsp3) is 0.400. The molecular weight excluding hydrogens is 194 g/mol. The fourth-order valence-corrected chi connectivity index (χ4v) is 2.91. The van der Waals surface area contributed by atoms with Gasteiger partial charge in [-0.2, -0.15) is 0 Å². The Labute approximate surface area is 86.2 Å². The van der Waals surface area contributed by atoms with Gasteiger partial charge < -0.3 is 5.32 Å². The molecular formula is C10H11N3S. The predicted octanol–water partition coefficient (Wildman–Crippen LogP) is 1.77. The van der Waals surface area contributed by atoms with Crippen LogP contribution in [0.3, 0.4) is 0 Å². The van der Waals surface area contributed by atoms with Gasteiger partial charge in [0.1, 0.15) is 0 Å². The van der Waals surface area contributed by atoms with Crippen LogP contribution in [-0.4, -0.2) is 23.1 Å². The molecule has 1 saturated heterocycles. The quantitative estimate of drug-likeness (QED) is 0.771. The molecule has 0 aromatic carbocycles. The largest absolute Gasteiger partial charge is 0.316 e. The van der Waals surface area contributed by atoms with Crippen LogP contribution in [0.4, 0.5) is 0 Å². The Morgan fingerprint density at radius 1 is 1.50 bits per heavy atom. The minimum Gasteiger partial charge on any atom is -0.316 e. The van der Waals surface area contributed by atoms with Gasteiger partial charge in [-0.15, -0.1) is 11.3 Å². The van der Waals surface area contributed by atoms with E-state index in [1.54, 1.807) is 11.3 Å². The van der Waals surface area contributed by atoms with E-state index in [1.165, 1.54) is 16.1 Å². The number of nitrogens with one attached hydrogen (secondary N) is 1. The highest BCUT2D eigenvalue weighted by atomic mass is 32.1. The standard InChI is InChI=1S/C10H11N3S/c1-3-11-5-7(1)10-13-8-6-12-4-2-9(8)14-10/h2,4,6-7,11H,1,3,5H2. The molecule has 3 nitrogen and oxygen atoms in total. The molecule has 4 heteroatoms. The summed E-state index contributed by atoms with van der Waals surface area (Å²) in [6, 6.07) is 2.04. The lowest BCUT2D eigenvalue weighted by atomic mass is 10.1. The molecule has 14 heavy (non-hydrogen) atoms. The highest BCUT2D eigenvalue weighted by Gasteiger charge is 2.19. The fourth-order valence-electron chi connectivity index (χ4n) is 1.84. The summed E-state index contributed by atoms with van der Waals surface area (Å²) in [5, 5.41) is 4.63. The van der Waals surface area contributed by atoms with Gasteiger partial charge in [-0.05, 0) is 19.0 Å². The highest BCUT2D eigenvalue weighted by molar-refractivity contribution is 7.18. The van der Waals surface area contributed by atoms with Crippen molar-refractivity contribution >= 4 is 21.6 Å². The molecule has 2 aromatic heterocycles. The van der Waals surface area contributed by atoms with Crippen molar-refractivity contribution in [1.29, 1.82) is 0 Å². The Hall–Kier alpha value is -1.00. The van der Waals surface area contributed by atoms with Crippen molar-refractivity contribution in [3.8, 4) is 0 Å². The zero-order chi connectivity index (χ0) is 9.38. The third-order valence-corrected chi connectivity index (χ3v) is 3.81. The molecule has 0 spiro atoms. The van der Waals surface area contributed by atoms with Crippen LogP contribution >= 0.6 is 11.3 Å². The van der Waals surface area contributed by atoms with E-state index in [0.717, 1.165) is 18.6 Å². The van der Waals surface area contributed by atoms with E-state index < -0.39 is 0 Å². The van der Waals surface area contributed by atoms with Gasteiger partial charge in [0, 0.05) is 18.7 Å². The van der Waals surface area contributed by atoms with Crippen LogP contribution in [0, 0.1) is 0 Å². The molecule has 1 atom stereocenters. The van der Waals surface area contributed by atoms with Crippen LogP contribution in [0.5, 0.6) is 0 Å². The third kappa shape index (κ3) is 1.31. The molecule has 2 aromatic rings. The van der Waals surface area contributed by atoms with Gasteiger partial charge in [0.05, 0.1) is 21.4 Å². The second kappa shape index (κ2) is 3.29. The number of hydrogen-bond donors (Lipinski definition) is 1. The average Bonchev–Trinajstić information content (AvgIpc) is 2.86. The van der Waals surface area contributed by atoms with E-state index in [0.29, 0.717) is 5.92 Å². The Morgan fingerprint density at radius 3 is 3.29 bits per heavy atom. The maximum absolute atomic E-state index is 4.61. The lowest BCUT2D eigenvalue weighted by Gasteiger charge is -2.00. The van der Waals surface area contributed by atoms with E-state index in [4.69, 9.17) is 0 Å². The normalized spacial score (nSPS) is 21.9. The van der Waals surface area contributed by atoms with Crippen molar-refractivity contribution in [1.82, 2.24) is 15.3 Å². The molecule has 0 radical (unpaired) electrons. The molecule has 1 unspecified atom stereocenters. The van der Waals surface area contributed by atoms with Crippen LogP contribution in [0.1, 0.15) is 17.3 Å². The van der Waals surface area contributed by atoms with E-state index in [1.807, 2.05) is 18.5 Å². The van der Waals surface area contributed by atoms with Crippen molar-refractivity contribution < 1.29 is 0 Å². The summed E-state index contributed by atoms with van der Waals surface area (Å²) in [6.07, 6.45) is 4.89. The first-order valence-corrected chi connectivity index (χ1v) is 5.66. The van der Waals surface area contributed by atoms with Gasteiger partial charge in [0.2, 0.25) is 0 Å². The van der Waals surface area contributed by atoms with Gasteiger partial charge in [-0.25, -0.2) is 4.98 Å². The van der Waals surface area contributed by atoms with Crippen LogP contribution in [0.25, 0.3) is 10.2 Å². The topological polar surface area (TPSA) is 37.8 Å². The summed E-state index contributed by atoms with van der Waals surface area (Å²) < 4.78 is 1.25. The molecule has 1 N–H and O–H groups in total. The first-order chi connectivity index (χ1) is 6.93. The molecule has 3 heterocycles. The van der Waals surface area contributed by atoms with E-state index >= 15 is 0 Å². The predicted molar refractivity (Wildman–Crippen MR) is 57.6 cm³/mol. The SMILES string of the molecule is c1cc2sc(C3CCNC3)nc2cn1. The zero-order valence-corrected chi connectivity index (χ0v) is 8.55. The summed E-state index contributed by atoms with van der Waals surface area (Å²) in [7, 11) is 0. The van der Waals surface area contributed by atoms with Crippen molar-refractivity contribution in [2.45, 2.75) is 12.3 Å². The number of pyridine rings is 1. The molecule has 1 fully saturated rings. The molecule has 0 aliphatic carbocycles. The number of rotatable bonds is 1. The van der Waals surface area contributed by atoms with Crippen LogP contribution in [0.15, 0.2) is 18.5 Å². The van der Waals surface area contributed by atoms with E-state index in [9.17, 15) is 0 Å². The average molecular weight is 205 g/mol. The van der Waals surface area contributed by atoms with Gasteiger partial charge in [0.15, 0.2) is 0 Å². The monoisotopic (exact) mass is 205 g/mol. The van der Waals surface area contributed by atoms with Crippen molar-refractivity contribution in [3.05, 3.63) is 23.5 Å². The van der Waals surface area contributed by atoms with Crippen LogP contribution in [0.2, 0.25) is 0 Å². The Balaban J connectivity index is 2.05. The van der Waals surface area contributed by atoms with Crippen LogP contribution in [-0.2, 0) is 0 Å². The molecule has 0 bridgehead atoms. The summed E-state index contributed by atoms with van der Waals surface area (Å²) in [4.78, 5) is 8.69. The Kier molecular flexibility index (Phi) is 1.96. The van der Waals surface area contributed by atoms with Gasteiger partial charge in [-0.3, -0.25) is 4.98 Å². The first kappa shape index (κ1) is 8.32. The molecule has 1 aliphatic rings. The second-order valence-electron chi connectivity index (χ2n) is 3.59. The van der Waals surface area contributed by atoms with Crippen molar-refractivity contribution in [2.75, 3.05) is 13.1 Å². The Morgan fingerprint density at radius 2 is 2.50 bits per heavy atom. The zero-order valence-electron chi connectivity index (χ0n) is 7.73. The molecule has 1 aliphatic heterocycles. The van der Waals surface area contributed by atoms with Crippen molar-refractivity contribution in [2.24, 2.45) is 0 Å². The lowest BCUT2D eigenvalue weighted by molar-refractivity contribution is 0.758. The summed E-state index contributed by atoms with van der Waals surface area (Å²) in [6.45, 7) is 2.20. The Bertz CT molecular complexity index is 412. The van der Waals surface area contributed by atoms with Crippen LogP contribution < -0.4 is 5.32 Å². The highest BCUT2D eigenvalue weighted by Crippen LogP contribution is 2.29. The summed E-state index contributed by atoms with van der Waals surface area (Å²) in [5.74, 6) is 0.618. The second-order valence-corrected chi connectivity index (χ2v) is 4.65. The van der Waals surface area contributed by atoms with Crippen molar-refractivity contribution in [3.63, 3.8) is 0 Å². The number of fused-ring (bicyclic) bond motifs is 1. The molecule has 0 amide bonds.